The fraction of sp³-hybridized carbons (Fsp3) is 0.722. The molecule has 1 heterocycles. The number of aliphatic carboxylic acids is 2. The molecular weight excluding hydrogens is 398 g/mol. The van der Waals surface area contributed by atoms with E-state index in [1.54, 1.807) is 0 Å². The van der Waals surface area contributed by atoms with Crippen LogP contribution in [-0.4, -0.2) is 77.6 Å². The fourth-order valence-corrected chi connectivity index (χ4v) is 3.04. The van der Waals surface area contributed by atoms with Crippen molar-refractivity contribution >= 4 is 29.7 Å². The van der Waals surface area contributed by atoms with Crippen LogP contribution in [0.2, 0.25) is 0 Å². The Balaban J connectivity index is 2.80. The Bertz CT molecular complexity index is 622. The number of hydrogen-bond donors (Lipinski definition) is 7. The summed E-state index contributed by atoms with van der Waals surface area (Å²) in [5, 5.41) is 27.9. The van der Waals surface area contributed by atoms with Crippen LogP contribution in [0.1, 0.15) is 44.9 Å². The number of carboxylic acid groups (broad SMARTS) is 2. The first-order valence-electron chi connectivity index (χ1n) is 10.00. The fourth-order valence-electron chi connectivity index (χ4n) is 3.04. The third-order valence-electron chi connectivity index (χ3n) is 4.65. The highest BCUT2D eigenvalue weighted by Gasteiger charge is 2.30. The molecule has 0 saturated carbocycles. The van der Waals surface area contributed by atoms with E-state index in [2.05, 4.69) is 21.3 Å². The summed E-state index contributed by atoms with van der Waals surface area (Å²) in [7, 11) is 0. The molecule has 0 spiro atoms. The van der Waals surface area contributed by atoms with Crippen LogP contribution in [0.4, 0.5) is 0 Å². The molecule has 1 rings (SSSR count). The van der Waals surface area contributed by atoms with Crippen LogP contribution in [-0.2, 0) is 24.0 Å². The highest BCUT2D eigenvalue weighted by molar-refractivity contribution is 5.93. The summed E-state index contributed by atoms with van der Waals surface area (Å²) in [6.45, 7) is 0.469. The van der Waals surface area contributed by atoms with E-state index in [1.807, 2.05) is 0 Å². The van der Waals surface area contributed by atoms with Gasteiger partial charge in [0, 0.05) is 6.42 Å². The molecule has 0 bridgehead atoms. The van der Waals surface area contributed by atoms with Gasteiger partial charge in [0.05, 0.1) is 6.04 Å². The minimum atomic E-state index is -1.28. The number of amides is 3. The third-order valence-corrected chi connectivity index (χ3v) is 4.65. The average Bonchev–Trinajstić information content (AvgIpc) is 3.23. The predicted molar refractivity (Wildman–Crippen MR) is 105 cm³/mol. The second-order valence-electron chi connectivity index (χ2n) is 7.10. The Morgan fingerprint density at radius 3 is 2.23 bits per heavy atom. The summed E-state index contributed by atoms with van der Waals surface area (Å²) in [5.41, 5.74) is 5.48. The van der Waals surface area contributed by atoms with Crippen LogP contribution in [0, 0.1) is 0 Å². The zero-order valence-electron chi connectivity index (χ0n) is 16.8. The molecule has 0 aromatic rings. The molecule has 1 saturated heterocycles. The van der Waals surface area contributed by atoms with Gasteiger partial charge in [-0.1, -0.05) is 0 Å². The van der Waals surface area contributed by atoms with Gasteiger partial charge in [-0.15, -0.1) is 0 Å². The van der Waals surface area contributed by atoms with Crippen molar-refractivity contribution < 1.29 is 34.2 Å². The van der Waals surface area contributed by atoms with E-state index in [1.165, 1.54) is 0 Å². The lowest BCUT2D eigenvalue weighted by atomic mass is 10.1. The number of carbonyl (C=O) groups excluding carboxylic acids is 3. The van der Waals surface area contributed by atoms with Gasteiger partial charge < -0.3 is 37.2 Å². The molecule has 0 radical (unpaired) electrons. The van der Waals surface area contributed by atoms with Crippen LogP contribution in [0.25, 0.3) is 0 Å². The van der Waals surface area contributed by atoms with Gasteiger partial charge in [-0.3, -0.25) is 24.0 Å². The lowest BCUT2D eigenvalue weighted by molar-refractivity contribution is -0.140. The summed E-state index contributed by atoms with van der Waals surface area (Å²) >= 11 is 0. The summed E-state index contributed by atoms with van der Waals surface area (Å²) in [4.78, 5) is 58.9. The van der Waals surface area contributed by atoms with Gasteiger partial charge in [0.1, 0.15) is 18.6 Å². The first kappa shape index (κ1) is 25.3. The molecule has 12 heteroatoms. The normalized spacial score (nSPS) is 17.6. The Kier molecular flexibility index (Phi) is 11.4. The molecule has 30 heavy (non-hydrogen) atoms. The van der Waals surface area contributed by atoms with E-state index in [0.29, 0.717) is 38.8 Å². The molecule has 3 atom stereocenters. The molecule has 12 nitrogen and oxygen atoms in total. The molecule has 1 aliphatic rings. The lowest BCUT2D eigenvalue weighted by Gasteiger charge is -2.24. The number of hydrogen-bond acceptors (Lipinski definition) is 7. The summed E-state index contributed by atoms with van der Waals surface area (Å²) < 4.78 is 0. The Morgan fingerprint density at radius 1 is 0.967 bits per heavy atom. The van der Waals surface area contributed by atoms with Crippen molar-refractivity contribution in [1.29, 1.82) is 0 Å². The van der Waals surface area contributed by atoms with Crippen LogP contribution in [0.5, 0.6) is 0 Å². The summed E-state index contributed by atoms with van der Waals surface area (Å²) in [6, 6.07) is -2.56. The molecule has 1 fully saturated rings. The molecule has 3 unspecified atom stereocenters. The zero-order valence-corrected chi connectivity index (χ0v) is 16.8. The van der Waals surface area contributed by atoms with Crippen LogP contribution >= 0.6 is 0 Å². The van der Waals surface area contributed by atoms with Gasteiger partial charge in [-0.25, -0.2) is 0 Å². The highest BCUT2D eigenvalue weighted by Crippen LogP contribution is 2.08. The second kappa shape index (κ2) is 13.5. The van der Waals surface area contributed by atoms with Gasteiger partial charge in [-0.2, -0.15) is 0 Å². The maximum atomic E-state index is 12.8. The maximum Gasteiger partial charge on any atom is 0.322 e. The molecule has 0 aliphatic carbocycles. The number of nitrogens with two attached hydrogens (primary N) is 1. The predicted octanol–water partition coefficient (Wildman–Crippen LogP) is -2.10. The van der Waals surface area contributed by atoms with E-state index in [-0.39, 0.29) is 12.3 Å². The first-order chi connectivity index (χ1) is 14.2. The minimum absolute atomic E-state index is 0.222. The van der Waals surface area contributed by atoms with E-state index < -0.39 is 54.8 Å². The average molecular weight is 429 g/mol. The number of nitrogens with one attached hydrogen (secondary N) is 4. The van der Waals surface area contributed by atoms with Crippen molar-refractivity contribution in [3.05, 3.63) is 0 Å². The van der Waals surface area contributed by atoms with Gasteiger partial charge in [0.15, 0.2) is 0 Å². The molecule has 0 aromatic carbocycles. The van der Waals surface area contributed by atoms with Crippen LogP contribution < -0.4 is 27.0 Å². The van der Waals surface area contributed by atoms with Gasteiger partial charge in [0.2, 0.25) is 17.7 Å². The maximum absolute atomic E-state index is 12.8. The largest absolute Gasteiger partial charge is 0.481 e. The lowest BCUT2D eigenvalue weighted by Crippen LogP contribution is -2.56. The quantitative estimate of drug-likeness (QED) is 0.151. The first-order valence-corrected chi connectivity index (χ1v) is 10.00. The Hall–Kier alpha value is -2.73. The summed E-state index contributed by atoms with van der Waals surface area (Å²) in [6.07, 6.45) is 2.39. The van der Waals surface area contributed by atoms with E-state index in [9.17, 15) is 24.0 Å². The molecule has 3 amide bonds. The topological polar surface area (TPSA) is 200 Å². The van der Waals surface area contributed by atoms with Gasteiger partial charge >= 0.3 is 11.9 Å². The van der Waals surface area contributed by atoms with Crippen molar-refractivity contribution in [2.75, 3.05) is 19.6 Å². The molecule has 1 aliphatic heterocycles. The number of carboxylic acids is 2. The number of rotatable bonds is 14. The van der Waals surface area contributed by atoms with Crippen molar-refractivity contribution in [3.63, 3.8) is 0 Å². The summed E-state index contributed by atoms with van der Waals surface area (Å²) in [5.74, 6) is -4.21. The standard InChI is InChI=1S/C18H31N5O7/c19-8-2-1-4-12(22-17(29)11-5-3-9-20-11)18(30)23-13(6-7-14(24)25)16(28)21-10-15(26)27/h11-13,20H,1-10,19H2,(H,21,28)(H,22,29)(H,23,30)(H,24,25)(H,26,27). The van der Waals surface area contributed by atoms with Crippen LogP contribution in [0.3, 0.4) is 0 Å². The van der Waals surface area contributed by atoms with E-state index >= 15 is 0 Å². The van der Waals surface area contributed by atoms with Gasteiger partial charge in [-0.05, 0) is 51.6 Å². The van der Waals surface area contributed by atoms with Crippen molar-refractivity contribution in [2.24, 2.45) is 5.73 Å². The molecular formula is C18H31N5O7. The smallest absolute Gasteiger partial charge is 0.322 e. The van der Waals surface area contributed by atoms with Crippen LogP contribution in [0.15, 0.2) is 0 Å². The van der Waals surface area contributed by atoms with E-state index in [4.69, 9.17) is 15.9 Å². The van der Waals surface area contributed by atoms with Gasteiger partial charge in [0.25, 0.3) is 0 Å². The Labute approximate surface area is 174 Å². The SMILES string of the molecule is NCCCCC(NC(=O)C1CCCN1)C(=O)NC(CCC(=O)O)C(=O)NCC(=O)O. The van der Waals surface area contributed by atoms with E-state index in [0.717, 1.165) is 6.42 Å². The molecule has 8 N–H and O–H groups in total. The van der Waals surface area contributed by atoms with Crippen molar-refractivity contribution in [1.82, 2.24) is 21.3 Å². The number of unbranched alkanes of at least 4 members (excludes halogenated alkanes) is 1. The van der Waals surface area contributed by atoms with Crippen molar-refractivity contribution in [3.8, 4) is 0 Å². The third kappa shape index (κ3) is 9.65. The Morgan fingerprint density at radius 2 is 1.67 bits per heavy atom. The molecule has 0 aromatic heterocycles. The second-order valence-corrected chi connectivity index (χ2v) is 7.10. The zero-order chi connectivity index (χ0) is 22.5. The van der Waals surface area contributed by atoms with Crippen molar-refractivity contribution in [2.45, 2.75) is 63.1 Å². The minimum Gasteiger partial charge on any atom is -0.481 e. The number of carbonyl (C=O) groups is 5. The molecule has 170 valence electrons. The highest BCUT2D eigenvalue weighted by atomic mass is 16.4. The monoisotopic (exact) mass is 429 g/mol.